The summed E-state index contributed by atoms with van der Waals surface area (Å²) in [7, 11) is 1.34. The average Bonchev–Trinajstić information content (AvgIpc) is 2.95. The van der Waals surface area contributed by atoms with Crippen LogP contribution in [0.15, 0.2) is 22.1 Å². The normalized spacial score (nSPS) is 11.7. The number of aryl methyl sites for hydroxylation is 1. The second-order valence-electron chi connectivity index (χ2n) is 4.27. The molecule has 21 heavy (non-hydrogen) atoms. The van der Waals surface area contributed by atoms with Gasteiger partial charge < -0.3 is 5.32 Å². The summed E-state index contributed by atoms with van der Waals surface area (Å²) >= 11 is 4.83. The third-order valence-corrected chi connectivity index (χ3v) is 4.31. The van der Waals surface area contributed by atoms with E-state index in [-0.39, 0.29) is 6.54 Å². The molecule has 0 radical (unpaired) electrons. The fraction of sp³-hybridized carbons (Fsp3) is 0.333. The number of nitrogens with zero attached hydrogens (tertiary/aromatic N) is 2. The van der Waals surface area contributed by atoms with Crippen LogP contribution in [0.5, 0.6) is 0 Å². The molecule has 2 heterocycles. The molecule has 2 rings (SSSR count). The first-order valence-corrected chi connectivity index (χ1v) is 7.51. The summed E-state index contributed by atoms with van der Waals surface area (Å²) in [5.41, 5.74) is -1.63. The number of rotatable bonds is 4. The van der Waals surface area contributed by atoms with Crippen molar-refractivity contribution in [2.24, 2.45) is 7.05 Å². The zero-order chi connectivity index (χ0) is 15.6. The highest BCUT2D eigenvalue weighted by molar-refractivity contribution is 9.11. The number of carbonyl (C=O) groups excluding carboxylic acids is 1. The van der Waals surface area contributed by atoms with Crippen LogP contribution >= 0.6 is 27.3 Å². The van der Waals surface area contributed by atoms with Gasteiger partial charge in [0.25, 0.3) is 5.91 Å². The molecule has 0 aliphatic heterocycles. The van der Waals surface area contributed by atoms with Crippen LogP contribution in [0.25, 0.3) is 0 Å². The zero-order valence-electron chi connectivity index (χ0n) is 10.9. The van der Waals surface area contributed by atoms with Crippen molar-refractivity contribution in [3.05, 3.63) is 38.3 Å². The van der Waals surface area contributed by atoms with Crippen molar-refractivity contribution in [1.82, 2.24) is 15.1 Å². The number of alkyl halides is 3. The summed E-state index contributed by atoms with van der Waals surface area (Å²) < 4.78 is 40.2. The Labute approximate surface area is 131 Å². The van der Waals surface area contributed by atoms with Gasteiger partial charge in [-0.3, -0.25) is 9.48 Å². The minimum absolute atomic E-state index is 0.262. The van der Waals surface area contributed by atoms with Gasteiger partial charge in [-0.1, -0.05) is 0 Å². The molecule has 2 aromatic heterocycles. The number of carbonyl (C=O) groups is 1. The highest BCUT2D eigenvalue weighted by Gasteiger charge is 2.38. The van der Waals surface area contributed by atoms with E-state index in [2.05, 4.69) is 26.3 Å². The molecular formula is C12H11BrF3N3OS. The second-order valence-corrected chi connectivity index (χ2v) is 6.82. The monoisotopic (exact) mass is 381 g/mol. The van der Waals surface area contributed by atoms with Gasteiger partial charge in [0.1, 0.15) is 0 Å². The molecule has 2 aromatic rings. The summed E-state index contributed by atoms with van der Waals surface area (Å²) in [6.07, 6.45) is -3.02. The Morgan fingerprint density at radius 2 is 2.19 bits per heavy atom. The number of hydrogen-bond donors (Lipinski definition) is 1. The number of amides is 1. The number of halogens is 4. The van der Waals surface area contributed by atoms with Crippen molar-refractivity contribution in [2.45, 2.75) is 12.6 Å². The van der Waals surface area contributed by atoms with Gasteiger partial charge in [-0.05, 0) is 34.5 Å². The summed E-state index contributed by atoms with van der Waals surface area (Å²) in [6.45, 7) is 0.262. The number of aromatic nitrogens is 2. The molecule has 1 N–H and O–H groups in total. The second kappa shape index (κ2) is 6.18. The molecule has 0 spiro atoms. The number of nitrogens with one attached hydrogen (secondary N) is 1. The van der Waals surface area contributed by atoms with E-state index >= 15 is 0 Å². The van der Waals surface area contributed by atoms with Gasteiger partial charge in [0.15, 0.2) is 5.69 Å². The predicted molar refractivity (Wildman–Crippen MR) is 76.3 cm³/mol. The largest absolute Gasteiger partial charge is 0.435 e. The SMILES string of the molecule is Cn1cc(C(=O)NCCc2ccc(Br)s2)c(C(F)(F)F)n1. The first-order valence-electron chi connectivity index (χ1n) is 5.90. The molecule has 114 valence electrons. The van der Waals surface area contributed by atoms with E-state index in [0.29, 0.717) is 6.42 Å². The van der Waals surface area contributed by atoms with Gasteiger partial charge in [-0.15, -0.1) is 11.3 Å². The van der Waals surface area contributed by atoms with Gasteiger partial charge in [-0.2, -0.15) is 18.3 Å². The van der Waals surface area contributed by atoms with Gasteiger partial charge in [0, 0.05) is 24.7 Å². The van der Waals surface area contributed by atoms with Crippen molar-refractivity contribution >= 4 is 33.2 Å². The number of thiophene rings is 1. The molecule has 0 saturated heterocycles. The third kappa shape index (κ3) is 4.07. The lowest BCUT2D eigenvalue weighted by molar-refractivity contribution is -0.141. The lowest BCUT2D eigenvalue weighted by Gasteiger charge is -2.06. The standard InChI is InChI=1S/C12H11BrF3N3OS/c1-19-6-8(10(18-19)12(14,15)16)11(20)17-5-4-7-2-3-9(13)21-7/h2-3,6H,4-5H2,1H3,(H,17,20). The highest BCUT2D eigenvalue weighted by Crippen LogP contribution is 2.30. The van der Waals surface area contributed by atoms with Crippen LogP contribution in [0.2, 0.25) is 0 Å². The van der Waals surface area contributed by atoms with E-state index in [0.717, 1.165) is 19.5 Å². The highest BCUT2D eigenvalue weighted by atomic mass is 79.9. The number of hydrogen-bond acceptors (Lipinski definition) is 3. The quantitative estimate of drug-likeness (QED) is 0.883. The maximum atomic E-state index is 12.8. The van der Waals surface area contributed by atoms with Crippen LogP contribution in [0.4, 0.5) is 13.2 Å². The van der Waals surface area contributed by atoms with Crippen molar-refractivity contribution < 1.29 is 18.0 Å². The van der Waals surface area contributed by atoms with Crippen LogP contribution in [-0.2, 0) is 19.6 Å². The van der Waals surface area contributed by atoms with Crippen molar-refractivity contribution in [3.8, 4) is 0 Å². The molecule has 0 aliphatic rings. The van der Waals surface area contributed by atoms with Gasteiger partial charge >= 0.3 is 6.18 Å². The topological polar surface area (TPSA) is 46.9 Å². The average molecular weight is 382 g/mol. The zero-order valence-corrected chi connectivity index (χ0v) is 13.3. The Balaban J connectivity index is 2.00. The minimum Gasteiger partial charge on any atom is -0.352 e. The molecular weight excluding hydrogens is 371 g/mol. The summed E-state index contributed by atoms with van der Waals surface area (Å²) in [4.78, 5) is 12.9. The maximum absolute atomic E-state index is 12.8. The van der Waals surface area contributed by atoms with Gasteiger partial charge in [-0.25, -0.2) is 0 Å². The van der Waals surface area contributed by atoms with Gasteiger partial charge in [0.2, 0.25) is 0 Å². The molecule has 0 fully saturated rings. The lowest BCUT2D eigenvalue weighted by atomic mass is 10.2. The fourth-order valence-corrected chi connectivity index (χ4v) is 3.23. The van der Waals surface area contributed by atoms with Crippen LogP contribution < -0.4 is 5.32 Å². The van der Waals surface area contributed by atoms with Crippen LogP contribution in [0.3, 0.4) is 0 Å². The van der Waals surface area contributed by atoms with Crippen molar-refractivity contribution in [2.75, 3.05) is 6.54 Å². The first-order chi connectivity index (χ1) is 9.77. The van der Waals surface area contributed by atoms with Crippen LogP contribution in [0, 0.1) is 0 Å². The molecule has 0 aromatic carbocycles. The molecule has 0 atom stereocenters. The van der Waals surface area contributed by atoms with E-state index < -0.39 is 23.3 Å². The molecule has 0 saturated carbocycles. The lowest BCUT2D eigenvalue weighted by Crippen LogP contribution is -2.27. The Morgan fingerprint density at radius 1 is 1.48 bits per heavy atom. The molecule has 0 unspecified atom stereocenters. The van der Waals surface area contributed by atoms with E-state index in [1.54, 1.807) is 0 Å². The minimum atomic E-state index is -4.65. The predicted octanol–water partition coefficient (Wildman–Crippen LogP) is 3.24. The van der Waals surface area contributed by atoms with Crippen molar-refractivity contribution in [3.63, 3.8) is 0 Å². The summed E-state index contributed by atoms with van der Waals surface area (Å²) in [5, 5.41) is 5.78. The van der Waals surface area contributed by atoms with Crippen LogP contribution in [-0.4, -0.2) is 22.2 Å². The third-order valence-electron chi connectivity index (χ3n) is 2.63. The molecule has 9 heteroatoms. The smallest absolute Gasteiger partial charge is 0.352 e. The summed E-state index contributed by atoms with van der Waals surface area (Å²) in [5.74, 6) is -0.772. The first kappa shape index (κ1) is 16.0. The fourth-order valence-electron chi connectivity index (χ4n) is 1.74. The van der Waals surface area contributed by atoms with Crippen LogP contribution in [0.1, 0.15) is 20.9 Å². The Kier molecular flexibility index (Phi) is 4.72. The maximum Gasteiger partial charge on any atom is 0.435 e. The van der Waals surface area contributed by atoms with E-state index in [4.69, 9.17) is 0 Å². The van der Waals surface area contributed by atoms with E-state index in [1.807, 2.05) is 12.1 Å². The molecule has 0 bridgehead atoms. The molecule has 0 aliphatic carbocycles. The summed E-state index contributed by atoms with van der Waals surface area (Å²) in [6, 6.07) is 3.77. The van der Waals surface area contributed by atoms with E-state index in [1.165, 1.54) is 18.4 Å². The Hall–Kier alpha value is -1.35. The Morgan fingerprint density at radius 3 is 2.76 bits per heavy atom. The Bertz CT molecular complexity index is 650. The molecule has 4 nitrogen and oxygen atoms in total. The van der Waals surface area contributed by atoms with E-state index in [9.17, 15) is 18.0 Å². The molecule has 1 amide bonds. The van der Waals surface area contributed by atoms with Gasteiger partial charge in [0.05, 0.1) is 9.35 Å². The van der Waals surface area contributed by atoms with Crippen molar-refractivity contribution in [1.29, 1.82) is 0 Å².